The Balaban J connectivity index is 2.18. The molecular weight excluding hydrogens is 248 g/mol. The summed E-state index contributed by atoms with van der Waals surface area (Å²) in [6, 6.07) is 6.24. The molecule has 4 nitrogen and oxygen atoms in total. The van der Waals surface area contributed by atoms with Gasteiger partial charge in [0.25, 0.3) is 0 Å². The molecule has 2 rings (SSSR count). The van der Waals surface area contributed by atoms with Crippen LogP contribution in [0.25, 0.3) is 0 Å². The summed E-state index contributed by atoms with van der Waals surface area (Å²) in [7, 11) is 0. The molecule has 1 heterocycles. The highest BCUT2D eigenvalue weighted by molar-refractivity contribution is 6.31. The SMILES string of the molecule is CCNC(Cc1ccc(C)cc1Cl)c1ncn[nH]1. The van der Waals surface area contributed by atoms with Gasteiger partial charge in [0.1, 0.15) is 12.2 Å². The van der Waals surface area contributed by atoms with E-state index in [9.17, 15) is 0 Å². The summed E-state index contributed by atoms with van der Waals surface area (Å²) in [5.41, 5.74) is 2.29. The van der Waals surface area contributed by atoms with Crippen molar-refractivity contribution >= 4 is 11.6 Å². The molecule has 96 valence electrons. The monoisotopic (exact) mass is 264 g/mol. The van der Waals surface area contributed by atoms with E-state index in [-0.39, 0.29) is 6.04 Å². The van der Waals surface area contributed by atoms with Crippen LogP contribution in [0.1, 0.15) is 29.9 Å². The first-order valence-electron chi connectivity index (χ1n) is 6.04. The van der Waals surface area contributed by atoms with Crippen molar-refractivity contribution < 1.29 is 0 Å². The van der Waals surface area contributed by atoms with Gasteiger partial charge in [0.2, 0.25) is 0 Å². The molecule has 2 aromatic rings. The van der Waals surface area contributed by atoms with Crippen LogP contribution in [0.3, 0.4) is 0 Å². The van der Waals surface area contributed by atoms with E-state index < -0.39 is 0 Å². The van der Waals surface area contributed by atoms with Gasteiger partial charge in [0.15, 0.2) is 0 Å². The number of benzene rings is 1. The van der Waals surface area contributed by atoms with Crippen LogP contribution in [0.5, 0.6) is 0 Å². The van der Waals surface area contributed by atoms with E-state index in [0.29, 0.717) is 0 Å². The number of nitrogens with zero attached hydrogens (tertiary/aromatic N) is 2. The standard InChI is InChI=1S/C13H17ClN4/c1-3-15-12(13-16-8-17-18-13)7-10-5-4-9(2)6-11(10)14/h4-6,8,12,15H,3,7H2,1-2H3,(H,16,17,18). The molecule has 18 heavy (non-hydrogen) atoms. The van der Waals surface area contributed by atoms with E-state index in [1.807, 2.05) is 13.0 Å². The molecule has 2 N–H and O–H groups in total. The Morgan fingerprint density at radius 1 is 1.44 bits per heavy atom. The molecule has 0 amide bonds. The zero-order valence-corrected chi connectivity index (χ0v) is 11.3. The molecule has 0 radical (unpaired) electrons. The molecule has 1 aromatic carbocycles. The zero-order chi connectivity index (χ0) is 13.0. The Kier molecular flexibility index (Phi) is 4.33. The Hall–Kier alpha value is -1.39. The Bertz CT molecular complexity index is 496. The minimum Gasteiger partial charge on any atom is -0.307 e. The Labute approximate surface area is 112 Å². The number of aromatic nitrogens is 3. The normalized spacial score (nSPS) is 12.6. The molecule has 1 unspecified atom stereocenters. The molecular formula is C13H17ClN4. The summed E-state index contributed by atoms with van der Waals surface area (Å²) < 4.78 is 0. The number of nitrogens with one attached hydrogen (secondary N) is 2. The number of rotatable bonds is 5. The number of hydrogen-bond acceptors (Lipinski definition) is 3. The van der Waals surface area contributed by atoms with E-state index in [1.165, 1.54) is 11.9 Å². The van der Waals surface area contributed by atoms with E-state index in [1.54, 1.807) is 0 Å². The Morgan fingerprint density at radius 2 is 2.28 bits per heavy atom. The quantitative estimate of drug-likeness (QED) is 0.873. The number of halogens is 1. The van der Waals surface area contributed by atoms with Gasteiger partial charge in [-0.05, 0) is 37.1 Å². The largest absolute Gasteiger partial charge is 0.307 e. The molecule has 0 aliphatic heterocycles. The molecule has 0 bridgehead atoms. The summed E-state index contributed by atoms with van der Waals surface area (Å²) in [6.07, 6.45) is 2.32. The predicted molar refractivity (Wildman–Crippen MR) is 72.7 cm³/mol. The number of aromatic amines is 1. The fourth-order valence-corrected chi connectivity index (χ4v) is 2.24. The van der Waals surface area contributed by atoms with Crippen molar-refractivity contribution in [1.29, 1.82) is 0 Å². The predicted octanol–water partition coefficient (Wildman–Crippen LogP) is 2.66. The Morgan fingerprint density at radius 3 is 2.89 bits per heavy atom. The van der Waals surface area contributed by atoms with Crippen LogP contribution >= 0.6 is 11.6 Å². The van der Waals surface area contributed by atoms with Crippen molar-refractivity contribution in [2.24, 2.45) is 0 Å². The number of hydrogen-bond donors (Lipinski definition) is 2. The van der Waals surface area contributed by atoms with Crippen molar-refractivity contribution in [2.75, 3.05) is 6.54 Å². The highest BCUT2D eigenvalue weighted by Gasteiger charge is 2.15. The zero-order valence-electron chi connectivity index (χ0n) is 10.6. The van der Waals surface area contributed by atoms with Gasteiger partial charge in [-0.1, -0.05) is 30.7 Å². The smallest absolute Gasteiger partial charge is 0.141 e. The third-order valence-corrected chi connectivity index (χ3v) is 3.20. The second-order valence-electron chi connectivity index (χ2n) is 4.28. The highest BCUT2D eigenvalue weighted by atomic mass is 35.5. The van der Waals surface area contributed by atoms with Crippen LogP contribution in [0, 0.1) is 6.92 Å². The molecule has 0 saturated heterocycles. The fraction of sp³-hybridized carbons (Fsp3) is 0.385. The maximum atomic E-state index is 6.26. The van der Waals surface area contributed by atoms with Crippen molar-refractivity contribution in [1.82, 2.24) is 20.5 Å². The van der Waals surface area contributed by atoms with Gasteiger partial charge in [0, 0.05) is 5.02 Å². The highest BCUT2D eigenvalue weighted by Crippen LogP contribution is 2.22. The van der Waals surface area contributed by atoms with Crippen LogP contribution in [-0.2, 0) is 6.42 Å². The van der Waals surface area contributed by atoms with Gasteiger partial charge in [-0.15, -0.1) is 0 Å². The van der Waals surface area contributed by atoms with E-state index in [0.717, 1.165) is 29.4 Å². The van der Waals surface area contributed by atoms with Crippen LogP contribution in [0.15, 0.2) is 24.5 Å². The van der Waals surface area contributed by atoms with Gasteiger partial charge < -0.3 is 5.32 Å². The van der Waals surface area contributed by atoms with Crippen molar-refractivity contribution in [3.63, 3.8) is 0 Å². The van der Waals surface area contributed by atoms with Crippen molar-refractivity contribution in [3.05, 3.63) is 46.5 Å². The first kappa shape index (κ1) is 13.1. The molecule has 0 fully saturated rings. The molecule has 0 aliphatic rings. The van der Waals surface area contributed by atoms with Crippen LogP contribution in [0.4, 0.5) is 0 Å². The lowest BCUT2D eigenvalue weighted by Crippen LogP contribution is -2.24. The van der Waals surface area contributed by atoms with Gasteiger partial charge in [-0.25, -0.2) is 4.98 Å². The maximum Gasteiger partial charge on any atom is 0.141 e. The average molecular weight is 265 g/mol. The molecule has 0 saturated carbocycles. The summed E-state index contributed by atoms with van der Waals surface area (Å²) >= 11 is 6.26. The molecule has 0 aliphatic carbocycles. The van der Waals surface area contributed by atoms with Crippen LogP contribution in [0.2, 0.25) is 5.02 Å². The third-order valence-electron chi connectivity index (χ3n) is 2.85. The maximum absolute atomic E-state index is 6.26. The van der Waals surface area contributed by atoms with Gasteiger partial charge in [-0.3, -0.25) is 5.10 Å². The number of aryl methyl sites for hydroxylation is 1. The molecule has 1 aromatic heterocycles. The molecule has 5 heteroatoms. The molecule has 1 atom stereocenters. The van der Waals surface area contributed by atoms with E-state index in [2.05, 4.69) is 39.6 Å². The minimum atomic E-state index is 0.109. The lowest BCUT2D eigenvalue weighted by Gasteiger charge is -2.16. The van der Waals surface area contributed by atoms with E-state index >= 15 is 0 Å². The van der Waals surface area contributed by atoms with Gasteiger partial charge in [0.05, 0.1) is 6.04 Å². The van der Waals surface area contributed by atoms with E-state index in [4.69, 9.17) is 11.6 Å². The van der Waals surface area contributed by atoms with Gasteiger partial charge >= 0.3 is 0 Å². The molecule has 0 spiro atoms. The van der Waals surface area contributed by atoms with Gasteiger partial charge in [-0.2, -0.15) is 5.10 Å². The van der Waals surface area contributed by atoms with Crippen LogP contribution in [-0.4, -0.2) is 21.7 Å². The fourth-order valence-electron chi connectivity index (χ4n) is 1.93. The average Bonchev–Trinajstić information content (AvgIpc) is 2.85. The summed E-state index contributed by atoms with van der Waals surface area (Å²) in [4.78, 5) is 4.21. The van der Waals surface area contributed by atoms with Crippen molar-refractivity contribution in [2.45, 2.75) is 26.3 Å². The third kappa shape index (κ3) is 3.09. The minimum absolute atomic E-state index is 0.109. The topological polar surface area (TPSA) is 53.6 Å². The summed E-state index contributed by atoms with van der Waals surface area (Å²) in [6.45, 7) is 4.98. The first-order chi connectivity index (χ1) is 8.70. The van der Waals surface area contributed by atoms with Crippen LogP contribution < -0.4 is 5.32 Å². The van der Waals surface area contributed by atoms with Crippen molar-refractivity contribution in [3.8, 4) is 0 Å². The lowest BCUT2D eigenvalue weighted by atomic mass is 10.0. The number of likely N-dealkylation sites (N-methyl/N-ethyl adjacent to an activating group) is 1. The summed E-state index contributed by atoms with van der Waals surface area (Å²) in [5, 5.41) is 11.0. The lowest BCUT2D eigenvalue weighted by molar-refractivity contribution is 0.523. The first-order valence-corrected chi connectivity index (χ1v) is 6.42. The number of H-pyrrole nitrogens is 1. The summed E-state index contributed by atoms with van der Waals surface area (Å²) in [5.74, 6) is 0.841. The second-order valence-corrected chi connectivity index (χ2v) is 4.69. The second kappa shape index (κ2) is 5.98.